The lowest BCUT2D eigenvalue weighted by Crippen LogP contribution is -2.43. The van der Waals surface area contributed by atoms with E-state index in [2.05, 4.69) is 12.2 Å². The van der Waals surface area contributed by atoms with Gasteiger partial charge in [-0.3, -0.25) is 4.79 Å². The van der Waals surface area contributed by atoms with E-state index >= 15 is 0 Å². The predicted molar refractivity (Wildman–Crippen MR) is 86.6 cm³/mol. The normalized spacial score (nSPS) is 27.3. The number of carbonyl (C=O) groups excluding carboxylic acids is 1. The molecule has 0 aromatic rings. The minimum absolute atomic E-state index is 0. The van der Waals surface area contributed by atoms with Crippen LogP contribution < -0.4 is 5.32 Å². The van der Waals surface area contributed by atoms with E-state index in [9.17, 15) is 13.2 Å². The first-order valence-corrected chi connectivity index (χ1v) is 9.57. The van der Waals surface area contributed by atoms with Crippen LogP contribution in [0.25, 0.3) is 0 Å². The van der Waals surface area contributed by atoms with Crippen molar-refractivity contribution >= 4 is 28.2 Å². The van der Waals surface area contributed by atoms with E-state index in [4.69, 9.17) is 0 Å². The molecule has 1 N–H and O–H groups in total. The standard InChI is InChI=1S/C14H26N2O3S.ClH/c1-2-3-8-16(13-6-9-20(18,19)11-13)14(17)10-12-5-4-7-15-12;/h12-13,15H,2-11H2,1H3;1H. The van der Waals surface area contributed by atoms with Gasteiger partial charge in [0.15, 0.2) is 9.84 Å². The first-order valence-electron chi connectivity index (χ1n) is 7.75. The molecule has 2 heterocycles. The Bertz CT molecular complexity index is 436. The maximum Gasteiger partial charge on any atom is 0.224 e. The van der Waals surface area contributed by atoms with Crippen LogP contribution in [0.15, 0.2) is 0 Å². The fourth-order valence-electron chi connectivity index (χ4n) is 3.12. The van der Waals surface area contributed by atoms with Gasteiger partial charge in [0, 0.05) is 25.0 Å². The molecule has 2 saturated heterocycles. The number of rotatable bonds is 6. The van der Waals surface area contributed by atoms with Crippen LogP contribution in [0.5, 0.6) is 0 Å². The summed E-state index contributed by atoms with van der Waals surface area (Å²) >= 11 is 0. The van der Waals surface area contributed by atoms with Gasteiger partial charge in [0.2, 0.25) is 5.91 Å². The summed E-state index contributed by atoms with van der Waals surface area (Å²) in [4.78, 5) is 14.3. The Balaban J connectivity index is 0.00000220. The zero-order valence-corrected chi connectivity index (χ0v) is 14.3. The number of nitrogens with one attached hydrogen (secondary N) is 1. The number of carbonyl (C=O) groups is 1. The van der Waals surface area contributed by atoms with Crippen molar-refractivity contribution < 1.29 is 13.2 Å². The van der Waals surface area contributed by atoms with Gasteiger partial charge in [0.05, 0.1) is 11.5 Å². The van der Waals surface area contributed by atoms with Crippen LogP contribution in [0.4, 0.5) is 0 Å². The number of sulfone groups is 1. The highest BCUT2D eigenvalue weighted by Gasteiger charge is 2.35. The molecule has 2 aliphatic heterocycles. The summed E-state index contributed by atoms with van der Waals surface area (Å²) < 4.78 is 23.3. The van der Waals surface area contributed by atoms with Crippen LogP contribution in [0.2, 0.25) is 0 Å². The molecule has 5 nitrogen and oxygen atoms in total. The summed E-state index contributed by atoms with van der Waals surface area (Å²) in [6, 6.07) is 0.185. The molecule has 7 heteroatoms. The van der Waals surface area contributed by atoms with Crippen molar-refractivity contribution in [2.45, 2.75) is 57.5 Å². The number of hydrogen-bond acceptors (Lipinski definition) is 4. The number of halogens is 1. The maximum atomic E-state index is 12.5. The third kappa shape index (κ3) is 5.42. The van der Waals surface area contributed by atoms with Gasteiger partial charge in [-0.25, -0.2) is 8.42 Å². The molecule has 2 rings (SSSR count). The van der Waals surface area contributed by atoms with Crippen LogP contribution in [0.1, 0.15) is 45.4 Å². The number of hydrogen-bond donors (Lipinski definition) is 1. The molecule has 0 aromatic carbocycles. The molecule has 0 aromatic heterocycles. The van der Waals surface area contributed by atoms with Gasteiger partial charge in [-0.15, -0.1) is 12.4 Å². The molecule has 0 radical (unpaired) electrons. The van der Waals surface area contributed by atoms with Crippen molar-refractivity contribution in [3.8, 4) is 0 Å². The highest BCUT2D eigenvalue weighted by atomic mass is 35.5. The lowest BCUT2D eigenvalue weighted by Gasteiger charge is -2.29. The van der Waals surface area contributed by atoms with Crippen LogP contribution in [0.3, 0.4) is 0 Å². The summed E-state index contributed by atoms with van der Waals surface area (Å²) in [5, 5.41) is 3.34. The minimum atomic E-state index is -2.94. The molecular weight excluding hydrogens is 312 g/mol. The monoisotopic (exact) mass is 338 g/mol. The molecule has 2 fully saturated rings. The quantitative estimate of drug-likeness (QED) is 0.794. The molecule has 124 valence electrons. The fourth-order valence-corrected chi connectivity index (χ4v) is 4.85. The van der Waals surface area contributed by atoms with Crippen LogP contribution in [-0.2, 0) is 14.6 Å². The molecule has 21 heavy (non-hydrogen) atoms. The second kappa shape index (κ2) is 8.34. The molecule has 0 spiro atoms. The van der Waals surface area contributed by atoms with Crippen molar-refractivity contribution in [3.63, 3.8) is 0 Å². The van der Waals surface area contributed by atoms with Gasteiger partial charge in [-0.05, 0) is 32.2 Å². The van der Waals surface area contributed by atoms with Gasteiger partial charge in [0.1, 0.15) is 0 Å². The second-order valence-corrected chi connectivity index (χ2v) is 8.22. The Morgan fingerprint density at radius 2 is 2.10 bits per heavy atom. The summed E-state index contributed by atoms with van der Waals surface area (Å²) in [5.41, 5.74) is 0. The lowest BCUT2D eigenvalue weighted by molar-refractivity contribution is -0.133. The third-order valence-corrected chi connectivity index (χ3v) is 6.06. The first-order chi connectivity index (χ1) is 9.52. The maximum absolute atomic E-state index is 12.5. The number of amides is 1. The summed E-state index contributed by atoms with van der Waals surface area (Å²) in [6.07, 6.45) is 5.27. The van der Waals surface area contributed by atoms with Crippen LogP contribution >= 0.6 is 12.4 Å². The fraction of sp³-hybridized carbons (Fsp3) is 0.929. The zero-order chi connectivity index (χ0) is 14.6. The Hall–Kier alpha value is -0.330. The summed E-state index contributed by atoms with van der Waals surface area (Å²) in [7, 11) is -2.94. The number of nitrogens with zero attached hydrogens (tertiary/aromatic N) is 1. The van der Waals surface area contributed by atoms with Gasteiger partial charge < -0.3 is 10.2 Å². The van der Waals surface area contributed by atoms with E-state index in [0.717, 1.165) is 32.2 Å². The van der Waals surface area contributed by atoms with E-state index in [0.29, 0.717) is 19.4 Å². The molecule has 1 amide bonds. The Morgan fingerprint density at radius 1 is 1.33 bits per heavy atom. The lowest BCUT2D eigenvalue weighted by atomic mass is 10.1. The van der Waals surface area contributed by atoms with Crippen LogP contribution in [-0.4, -0.2) is 55.9 Å². The van der Waals surface area contributed by atoms with Crippen LogP contribution in [0, 0.1) is 0 Å². The Morgan fingerprint density at radius 3 is 2.62 bits per heavy atom. The molecule has 0 aliphatic carbocycles. The van der Waals surface area contributed by atoms with Gasteiger partial charge in [-0.2, -0.15) is 0 Å². The largest absolute Gasteiger partial charge is 0.339 e. The van der Waals surface area contributed by atoms with Gasteiger partial charge in [-0.1, -0.05) is 13.3 Å². The topological polar surface area (TPSA) is 66.5 Å². The van der Waals surface area contributed by atoms with Gasteiger partial charge >= 0.3 is 0 Å². The summed E-state index contributed by atoms with van der Waals surface area (Å²) in [6.45, 7) is 3.78. The summed E-state index contributed by atoms with van der Waals surface area (Å²) in [5.74, 6) is 0.510. The molecule has 2 unspecified atom stereocenters. The average Bonchev–Trinajstić information content (AvgIpc) is 3.00. The Kier molecular flexibility index (Phi) is 7.44. The van der Waals surface area contributed by atoms with Crippen molar-refractivity contribution in [2.75, 3.05) is 24.6 Å². The minimum Gasteiger partial charge on any atom is -0.339 e. The third-order valence-electron chi connectivity index (χ3n) is 4.31. The smallest absolute Gasteiger partial charge is 0.224 e. The van der Waals surface area contributed by atoms with Crippen molar-refractivity contribution in [1.29, 1.82) is 0 Å². The van der Waals surface area contributed by atoms with Crippen molar-refractivity contribution in [3.05, 3.63) is 0 Å². The zero-order valence-electron chi connectivity index (χ0n) is 12.7. The average molecular weight is 339 g/mol. The highest BCUT2D eigenvalue weighted by Crippen LogP contribution is 2.20. The van der Waals surface area contributed by atoms with E-state index in [1.54, 1.807) is 0 Å². The molecular formula is C14H27ClN2O3S. The second-order valence-electron chi connectivity index (χ2n) is 5.99. The van der Waals surface area contributed by atoms with E-state index in [-0.39, 0.29) is 41.9 Å². The molecule has 2 aliphatic rings. The SMILES string of the molecule is CCCCN(C(=O)CC1CCCN1)C1CCS(=O)(=O)C1.Cl. The van der Waals surface area contributed by atoms with E-state index in [1.807, 2.05) is 4.90 Å². The van der Waals surface area contributed by atoms with Crippen molar-refractivity contribution in [1.82, 2.24) is 10.2 Å². The number of unbranched alkanes of at least 4 members (excludes halogenated alkanes) is 1. The van der Waals surface area contributed by atoms with E-state index < -0.39 is 9.84 Å². The first kappa shape index (κ1) is 18.7. The molecule has 0 saturated carbocycles. The van der Waals surface area contributed by atoms with Gasteiger partial charge in [0.25, 0.3) is 0 Å². The molecule has 0 bridgehead atoms. The Labute approximate surface area is 134 Å². The highest BCUT2D eigenvalue weighted by molar-refractivity contribution is 7.91. The van der Waals surface area contributed by atoms with Crippen molar-refractivity contribution in [2.24, 2.45) is 0 Å². The molecule has 2 atom stereocenters. The predicted octanol–water partition coefficient (Wildman–Crippen LogP) is 1.37. The van der Waals surface area contributed by atoms with E-state index in [1.165, 1.54) is 0 Å².